The highest BCUT2D eigenvalue weighted by atomic mass is 16.6. The van der Waals surface area contributed by atoms with Crippen molar-refractivity contribution in [2.75, 3.05) is 12.4 Å². The summed E-state index contributed by atoms with van der Waals surface area (Å²) in [6.45, 7) is 1.69. The summed E-state index contributed by atoms with van der Waals surface area (Å²) in [7, 11) is 1.43. The summed E-state index contributed by atoms with van der Waals surface area (Å²) < 4.78 is 10.3. The van der Waals surface area contributed by atoms with Crippen molar-refractivity contribution in [3.8, 4) is 17.2 Å². The van der Waals surface area contributed by atoms with Crippen LogP contribution < -0.4 is 14.8 Å². The average Bonchev–Trinajstić information content (AvgIpc) is 2.55. The van der Waals surface area contributed by atoms with E-state index in [-0.39, 0.29) is 35.5 Å². The summed E-state index contributed by atoms with van der Waals surface area (Å²) in [6, 6.07) is 10.7. The lowest BCUT2D eigenvalue weighted by Crippen LogP contribution is -2.12. The number of carbonyl (C=O) groups is 2. The van der Waals surface area contributed by atoms with Crippen molar-refractivity contribution in [3.63, 3.8) is 0 Å². The van der Waals surface area contributed by atoms with Gasteiger partial charge >= 0.3 is 5.97 Å². The van der Waals surface area contributed by atoms with Crippen molar-refractivity contribution in [1.29, 1.82) is 0 Å². The minimum atomic E-state index is -0.389. The van der Waals surface area contributed by atoms with Crippen LogP contribution in [0, 0.1) is 0 Å². The average molecular weight is 315 g/mol. The van der Waals surface area contributed by atoms with Gasteiger partial charge in [0.15, 0.2) is 11.5 Å². The van der Waals surface area contributed by atoms with Crippen molar-refractivity contribution < 1.29 is 24.2 Å². The van der Waals surface area contributed by atoms with Crippen LogP contribution in [-0.4, -0.2) is 24.1 Å². The number of esters is 1. The topological polar surface area (TPSA) is 84.9 Å². The van der Waals surface area contributed by atoms with Gasteiger partial charge in [-0.05, 0) is 30.3 Å². The van der Waals surface area contributed by atoms with E-state index >= 15 is 0 Å². The summed E-state index contributed by atoms with van der Waals surface area (Å²) in [6.07, 6.45) is 0.239. The number of methoxy groups -OCH3 is 1. The molecule has 2 aromatic carbocycles. The first-order valence-electron chi connectivity index (χ1n) is 7.02. The van der Waals surface area contributed by atoms with Gasteiger partial charge in [0.05, 0.1) is 7.11 Å². The largest absolute Gasteiger partial charge is 0.508 e. The summed E-state index contributed by atoms with van der Waals surface area (Å²) in [4.78, 5) is 23.6. The first kappa shape index (κ1) is 16.4. The van der Waals surface area contributed by atoms with E-state index in [1.54, 1.807) is 19.1 Å². The number of aromatic hydroxyl groups is 1. The van der Waals surface area contributed by atoms with Crippen molar-refractivity contribution in [3.05, 3.63) is 48.0 Å². The van der Waals surface area contributed by atoms with E-state index in [9.17, 15) is 14.7 Å². The molecule has 120 valence electrons. The third kappa shape index (κ3) is 4.23. The number of benzene rings is 2. The van der Waals surface area contributed by atoms with Crippen LogP contribution in [0.2, 0.25) is 0 Å². The van der Waals surface area contributed by atoms with E-state index in [1.807, 2.05) is 0 Å². The van der Waals surface area contributed by atoms with E-state index in [0.29, 0.717) is 11.3 Å². The second-order valence-electron chi connectivity index (χ2n) is 4.70. The predicted molar refractivity (Wildman–Crippen MR) is 85.0 cm³/mol. The minimum absolute atomic E-state index is 0.0576. The molecule has 0 radical (unpaired) electrons. The van der Waals surface area contributed by atoms with Crippen LogP contribution in [0.3, 0.4) is 0 Å². The first-order chi connectivity index (χ1) is 11.0. The summed E-state index contributed by atoms with van der Waals surface area (Å²) in [5.41, 5.74) is 0.803. The molecule has 1 amide bonds. The number of hydrogen-bond donors (Lipinski definition) is 2. The second-order valence-corrected chi connectivity index (χ2v) is 4.70. The zero-order valence-electron chi connectivity index (χ0n) is 12.8. The molecular formula is C17H17NO5. The molecule has 6 heteroatoms. The Morgan fingerprint density at radius 1 is 1.13 bits per heavy atom. The number of ether oxygens (including phenoxy) is 2. The first-order valence-corrected chi connectivity index (χ1v) is 7.02. The van der Waals surface area contributed by atoms with Crippen LogP contribution >= 0.6 is 0 Å². The molecule has 0 aromatic heterocycles. The zero-order chi connectivity index (χ0) is 16.8. The van der Waals surface area contributed by atoms with Gasteiger partial charge in [-0.25, -0.2) is 0 Å². The lowest BCUT2D eigenvalue weighted by atomic mass is 10.1. The van der Waals surface area contributed by atoms with Gasteiger partial charge < -0.3 is 19.9 Å². The molecular weight excluding hydrogens is 298 g/mol. The summed E-state index contributed by atoms with van der Waals surface area (Å²) in [5.74, 6) is -0.159. The van der Waals surface area contributed by atoms with Gasteiger partial charge in [0, 0.05) is 23.7 Å². The minimum Gasteiger partial charge on any atom is -0.508 e. The Morgan fingerprint density at radius 3 is 2.57 bits per heavy atom. The van der Waals surface area contributed by atoms with Crippen molar-refractivity contribution in [1.82, 2.24) is 0 Å². The Labute approximate surface area is 133 Å². The quantitative estimate of drug-likeness (QED) is 0.654. The molecule has 0 unspecified atom stereocenters. The van der Waals surface area contributed by atoms with Crippen molar-refractivity contribution >= 4 is 17.6 Å². The molecule has 0 saturated heterocycles. The fourth-order valence-corrected chi connectivity index (χ4v) is 1.87. The standard InChI is InChI=1S/C17H17NO5/c1-3-16(20)23-14-8-7-11(9-15(14)22-2)17(21)18-12-5-4-6-13(19)10-12/h4-10,19H,3H2,1-2H3,(H,18,21). The normalized spacial score (nSPS) is 10.0. The van der Waals surface area contributed by atoms with Gasteiger partial charge in [-0.3, -0.25) is 9.59 Å². The molecule has 0 spiro atoms. The molecule has 2 aromatic rings. The molecule has 23 heavy (non-hydrogen) atoms. The molecule has 0 fully saturated rings. The van der Waals surface area contributed by atoms with Gasteiger partial charge in [-0.2, -0.15) is 0 Å². The number of hydrogen-bond acceptors (Lipinski definition) is 5. The van der Waals surface area contributed by atoms with E-state index in [2.05, 4.69) is 5.32 Å². The molecule has 2 N–H and O–H groups in total. The number of carbonyl (C=O) groups excluding carboxylic acids is 2. The Hall–Kier alpha value is -3.02. The molecule has 0 atom stereocenters. The van der Waals surface area contributed by atoms with Gasteiger partial charge in [-0.15, -0.1) is 0 Å². The van der Waals surface area contributed by atoms with E-state index in [4.69, 9.17) is 9.47 Å². The summed E-state index contributed by atoms with van der Waals surface area (Å²) in [5, 5.41) is 12.1. The zero-order valence-corrected chi connectivity index (χ0v) is 12.8. The monoisotopic (exact) mass is 315 g/mol. The predicted octanol–water partition coefficient (Wildman–Crippen LogP) is 2.97. The number of amides is 1. The summed E-state index contributed by atoms with van der Waals surface area (Å²) >= 11 is 0. The van der Waals surface area contributed by atoms with Gasteiger partial charge in [0.25, 0.3) is 5.91 Å². The third-order valence-corrected chi connectivity index (χ3v) is 3.04. The van der Waals surface area contributed by atoms with E-state index in [1.165, 1.54) is 37.4 Å². The van der Waals surface area contributed by atoms with Gasteiger partial charge in [0.1, 0.15) is 5.75 Å². The molecule has 0 bridgehead atoms. The van der Waals surface area contributed by atoms with Crippen LogP contribution in [0.25, 0.3) is 0 Å². The van der Waals surface area contributed by atoms with Crippen LogP contribution in [0.15, 0.2) is 42.5 Å². The number of rotatable bonds is 5. The number of phenols is 1. The molecule has 0 saturated carbocycles. The van der Waals surface area contributed by atoms with Crippen molar-refractivity contribution in [2.45, 2.75) is 13.3 Å². The highest BCUT2D eigenvalue weighted by Crippen LogP contribution is 2.29. The maximum atomic E-state index is 12.2. The number of anilines is 1. The molecule has 0 aliphatic carbocycles. The van der Waals surface area contributed by atoms with Crippen molar-refractivity contribution in [2.24, 2.45) is 0 Å². The maximum absolute atomic E-state index is 12.2. The Kier molecular flexibility index (Phi) is 5.19. The second kappa shape index (κ2) is 7.31. The van der Waals surface area contributed by atoms with Crippen LogP contribution in [0.5, 0.6) is 17.2 Å². The smallest absolute Gasteiger partial charge is 0.311 e. The highest BCUT2D eigenvalue weighted by molar-refractivity contribution is 6.04. The number of phenolic OH excluding ortho intramolecular Hbond substituents is 1. The molecule has 0 heterocycles. The third-order valence-electron chi connectivity index (χ3n) is 3.04. The molecule has 2 rings (SSSR count). The SMILES string of the molecule is CCC(=O)Oc1ccc(C(=O)Nc2cccc(O)c2)cc1OC. The van der Waals surface area contributed by atoms with E-state index in [0.717, 1.165) is 0 Å². The fourth-order valence-electron chi connectivity index (χ4n) is 1.87. The lowest BCUT2D eigenvalue weighted by molar-refractivity contribution is -0.134. The lowest BCUT2D eigenvalue weighted by Gasteiger charge is -2.11. The molecule has 0 aliphatic heterocycles. The van der Waals surface area contributed by atoms with E-state index < -0.39 is 0 Å². The fraction of sp³-hybridized carbons (Fsp3) is 0.176. The number of nitrogens with one attached hydrogen (secondary N) is 1. The van der Waals surface area contributed by atoms with Crippen LogP contribution in [-0.2, 0) is 4.79 Å². The molecule has 0 aliphatic rings. The van der Waals surface area contributed by atoms with Gasteiger partial charge in [0.2, 0.25) is 0 Å². The highest BCUT2D eigenvalue weighted by Gasteiger charge is 2.13. The molecule has 6 nitrogen and oxygen atoms in total. The van der Waals surface area contributed by atoms with Crippen LogP contribution in [0.4, 0.5) is 5.69 Å². The maximum Gasteiger partial charge on any atom is 0.311 e. The van der Waals surface area contributed by atoms with Gasteiger partial charge in [-0.1, -0.05) is 13.0 Å². The Balaban J connectivity index is 2.19. The Bertz CT molecular complexity index is 727. The van der Waals surface area contributed by atoms with Crippen LogP contribution in [0.1, 0.15) is 23.7 Å². The Morgan fingerprint density at radius 2 is 1.91 bits per heavy atom.